The summed E-state index contributed by atoms with van der Waals surface area (Å²) in [7, 11) is 1.75. The average molecular weight is 269 g/mol. The summed E-state index contributed by atoms with van der Waals surface area (Å²) in [5.74, 6) is -0.851. The summed E-state index contributed by atoms with van der Waals surface area (Å²) in [5.41, 5.74) is 1.52. The number of aromatic nitrogens is 2. The van der Waals surface area contributed by atoms with E-state index in [2.05, 4.69) is 21.0 Å². The molecule has 4 nitrogen and oxygen atoms in total. The van der Waals surface area contributed by atoms with Crippen molar-refractivity contribution >= 4 is 32.8 Å². The molecule has 78 valence electrons. The minimum absolute atomic E-state index is 0.0182. The van der Waals surface area contributed by atoms with Gasteiger partial charge in [0.05, 0.1) is 17.6 Å². The average Bonchev–Trinajstić information content (AvgIpc) is 2.43. The Bertz CT molecular complexity index is 533. The number of aliphatic carboxylic acids is 1. The van der Waals surface area contributed by atoms with Gasteiger partial charge in [-0.15, -0.1) is 0 Å². The van der Waals surface area contributed by atoms with Gasteiger partial charge in [-0.05, 0) is 12.1 Å². The molecule has 0 atom stereocenters. The highest BCUT2D eigenvalue weighted by Gasteiger charge is 2.13. The molecule has 0 aliphatic heterocycles. The van der Waals surface area contributed by atoms with Crippen LogP contribution in [0.15, 0.2) is 22.7 Å². The summed E-state index contributed by atoms with van der Waals surface area (Å²) in [5, 5.41) is 13.9. The Morgan fingerprint density at radius 1 is 1.60 bits per heavy atom. The van der Waals surface area contributed by atoms with Gasteiger partial charge in [0.15, 0.2) is 0 Å². The molecule has 0 radical (unpaired) electrons. The van der Waals surface area contributed by atoms with Crippen LogP contribution >= 0.6 is 15.9 Å². The summed E-state index contributed by atoms with van der Waals surface area (Å²) in [6, 6.07) is 5.63. The van der Waals surface area contributed by atoms with Crippen molar-refractivity contribution in [1.82, 2.24) is 9.78 Å². The molecule has 1 heterocycles. The van der Waals surface area contributed by atoms with E-state index >= 15 is 0 Å². The van der Waals surface area contributed by atoms with Crippen LogP contribution < -0.4 is 0 Å². The lowest BCUT2D eigenvalue weighted by atomic mass is 10.2. The van der Waals surface area contributed by atoms with Crippen LogP contribution in [0.25, 0.3) is 10.9 Å². The first-order valence-electron chi connectivity index (χ1n) is 4.41. The van der Waals surface area contributed by atoms with E-state index in [-0.39, 0.29) is 6.42 Å². The number of benzene rings is 1. The molecule has 1 aromatic carbocycles. The van der Waals surface area contributed by atoms with Gasteiger partial charge >= 0.3 is 5.97 Å². The first-order valence-corrected chi connectivity index (χ1v) is 5.21. The van der Waals surface area contributed by atoms with Gasteiger partial charge in [-0.3, -0.25) is 9.48 Å². The molecule has 0 spiro atoms. The van der Waals surface area contributed by atoms with Crippen molar-refractivity contribution in [2.24, 2.45) is 7.05 Å². The SMILES string of the molecule is Cn1nc2cccc(Br)c2c1CC(=O)O. The molecule has 0 fully saturated rings. The molecule has 1 aromatic heterocycles. The van der Waals surface area contributed by atoms with E-state index in [1.807, 2.05) is 18.2 Å². The Balaban J connectivity index is 2.71. The van der Waals surface area contributed by atoms with Gasteiger partial charge in [0.1, 0.15) is 0 Å². The molecule has 0 aliphatic rings. The van der Waals surface area contributed by atoms with Gasteiger partial charge in [-0.1, -0.05) is 22.0 Å². The molecular formula is C10H9BrN2O2. The van der Waals surface area contributed by atoms with Crippen molar-refractivity contribution in [3.63, 3.8) is 0 Å². The van der Waals surface area contributed by atoms with E-state index in [0.717, 1.165) is 15.4 Å². The number of nitrogens with zero attached hydrogens (tertiary/aromatic N) is 2. The Morgan fingerprint density at radius 3 is 3.00 bits per heavy atom. The van der Waals surface area contributed by atoms with Crippen molar-refractivity contribution in [3.8, 4) is 0 Å². The number of carbonyl (C=O) groups is 1. The van der Waals surface area contributed by atoms with E-state index in [4.69, 9.17) is 5.11 Å². The van der Waals surface area contributed by atoms with E-state index in [9.17, 15) is 4.79 Å². The van der Waals surface area contributed by atoms with E-state index in [0.29, 0.717) is 5.69 Å². The highest BCUT2D eigenvalue weighted by Crippen LogP contribution is 2.26. The highest BCUT2D eigenvalue weighted by molar-refractivity contribution is 9.10. The highest BCUT2D eigenvalue weighted by atomic mass is 79.9. The molecule has 0 unspecified atom stereocenters. The van der Waals surface area contributed by atoms with Crippen molar-refractivity contribution in [2.45, 2.75) is 6.42 Å². The number of carboxylic acid groups (broad SMARTS) is 1. The number of hydrogen-bond donors (Lipinski definition) is 1. The maximum atomic E-state index is 10.7. The maximum absolute atomic E-state index is 10.7. The third kappa shape index (κ3) is 1.74. The zero-order chi connectivity index (χ0) is 11.0. The molecule has 0 saturated heterocycles. The van der Waals surface area contributed by atoms with Gasteiger partial charge in [-0.2, -0.15) is 5.10 Å². The Labute approximate surface area is 94.6 Å². The molecule has 2 aromatic rings. The number of hydrogen-bond acceptors (Lipinski definition) is 2. The second-order valence-corrected chi connectivity index (χ2v) is 4.13. The van der Waals surface area contributed by atoms with Crippen LogP contribution in [0.2, 0.25) is 0 Å². The third-order valence-electron chi connectivity index (χ3n) is 2.25. The third-order valence-corrected chi connectivity index (χ3v) is 2.91. The molecule has 0 amide bonds. The van der Waals surface area contributed by atoms with Crippen LogP contribution in [0, 0.1) is 0 Å². The number of halogens is 1. The number of rotatable bonds is 2. The lowest BCUT2D eigenvalue weighted by Gasteiger charge is -1.99. The van der Waals surface area contributed by atoms with Crippen molar-refractivity contribution in [1.29, 1.82) is 0 Å². The fourth-order valence-corrected chi connectivity index (χ4v) is 2.20. The van der Waals surface area contributed by atoms with Crippen LogP contribution in [0.4, 0.5) is 0 Å². The predicted molar refractivity (Wildman–Crippen MR) is 59.8 cm³/mol. The molecule has 0 aliphatic carbocycles. The maximum Gasteiger partial charge on any atom is 0.309 e. The normalized spacial score (nSPS) is 10.8. The second-order valence-electron chi connectivity index (χ2n) is 3.27. The molecule has 15 heavy (non-hydrogen) atoms. The van der Waals surface area contributed by atoms with Gasteiger partial charge in [0, 0.05) is 16.9 Å². The zero-order valence-electron chi connectivity index (χ0n) is 8.07. The summed E-state index contributed by atoms with van der Waals surface area (Å²) in [6.45, 7) is 0. The zero-order valence-corrected chi connectivity index (χ0v) is 9.65. The molecule has 0 bridgehead atoms. The quantitative estimate of drug-likeness (QED) is 0.906. The van der Waals surface area contributed by atoms with Gasteiger partial charge < -0.3 is 5.11 Å². The van der Waals surface area contributed by atoms with E-state index in [1.54, 1.807) is 11.7 Å². The minimum atomic E-state index is -0.851. The fraction of sp³-hybridized carbons (Fsp3) is 0.200. The topological polar surface area (TPSA) is 55.1 Å². The lowest BCUT2D eigenvalue weighted by Crippen LogP contribution is -2.06. The van der Waals surface area contributed by atoms with Crippen molar-refractivity contribution < 1.29 is 9.90 Å². The van der Waals surface area contributed by atoms with E-state index < -0.39 is 5.97 Å². The largest absolute Gasteiger partial charge is 0.481 e. The number of aryl methyl sites for hydroxylation is 1. The number of fused-ring (bicyclic) bond motifs is 1. The van der Waals surface area contributed by atoms with Gasteiger partial charge in [0.2, 0.25) is 0 Å². The molecule has 1 N–H and O–H groups in total. The summed E-state index contributed by atoms with van der Waals surface area (Å²) >= 11 is 3.40. The van der Waals surface area contributed by atoms with Crippen molar-refractivity contribution in [2.75, 3.05) is 0 Å². The van der Waals surface area contributed by atoms with Gasteiger partial charge in [-0.25, -0.2) is 0 Å². The van der Waals surface area contributed by atoms with Gasteiger partial charge in [0.25, 0.3) is 0 Å². The van der Waals surface area contributed by atoms with Crippen molar-refractivity contribution in [3.05, 3.63) is 28.4 Å². The van der Waals surface area contributed by atoms with Crippen LogP contribution in [0.3, 0.4) is 0 Å². The molecular weight excluding hydrogens is 260 g/mol. The Hall–Kier alpha value is -1.36. The minimum Gasteiger partial charge on any atom is -0.481 e. The van der Waals surface area contributed by atoms with Crippen LogP contribution in [-0.2, 0) is 18.3 Å². The predicted octanol–water partition coefficient (Wildman–Crippen LogP) is 1.96. The van der Waals surface area contributed by atoms with Crippen LogP contribution in [0.5, 0.6) is 0 Å². The summed E-state index contributed by atoms with van der Waals surface area (Å²) in [6.07, 6.45) is -0.0182. The molecule has 5 heteroatoms. The molecule has 2 rings (SSSR count). The van der Waals surface area contributed by atoms with Crippen LogP contribution in [0.1, 0.15) is 5.69 Å². The summed E-state index contributed by atoms with van der Waals surface area (Å²) in [4.78, 5) is 10.7. The molecule has 0 saturated carbocycles. The lowest BCUT2D eigenvalue weighted by molar-refractivity contribution is -0.136. The fourth-order valence-electron chi connectivity index (χ4n) is 1.61. The number of carboxylic acids is 1. The first-order chi connectivity index (χ1) is 7.09. The Kier molecular flexibility index (Phi) is 2.48. The smallest absolute Gasteiger partial charge is 0.309 e. The first kappa shape index (κ1) is 10.2. The summed E-state index contributed by atoms with van der Waals surface area (Å²) < 4.78 is 2.49. The van der Waals surface area contributed by atoms with E-state index in [1.165, 1.54) is 0 Å². The second kappa shape index (κ2) is 3.66. The van der Waals surface area contributed by atoms with Crippen LogP contribution in [-0.4, -0.2) is 20.9 Å². The standard InChI is InChI=1S/C10H9BrN2O2/c1-13-8(5-9(14)15)10-6(11)3-2-4-7(10)12-13/h2-4H,5H2,1H3,(H,14,15). The Morgan fingerprint density at radius 2 is 2.33 bits per heavy atom. The monoisotopic (exact) mass is 268 g/mol.